The van der Waals surface area contributed by atoms with Crippen molar-refractivity contribution in [2.75, 3.05) is 6.54 Å². The lowest BCUT2D eigenvalue weighted by Crippen LogP contribution is -2.55. The minimum absolute atomic E-state index is 0.0867. The average Bonchev–Trinajstić information content (AvgIpc) is 2.25. The summed E-state index contributed by atoms with van der Waals surface area (Å²) in [5, 5.41) is 22.2. The maximum absolute atomic E-state index is 12.6. The van der Waals surface area contributed by atoms with Crippen LogP contribution in [0, 0.1) is 5.21 Å². The average molecular weight is 221 g/mol. The number of rotatable bonds is 2. The molecule has 1 saturated heterocycles. The molecule has 0 spiro atoms. The van der Waals surface area contributed by atoms with Crippen molar-refractivity contribution in [1.82, 2.24) is 0 Å². The zero-order chi connectivity index (χ0) is 11.6. The number of hydroxylamine groups is 3. The van der Waals surface area contributed by atoms with Crippen molar-refractivity contribution < 1.29 is 9.75 Å². The number of hydrogen-bond donors (Lipinski definition) is 1. The Bertz CT molecular complexity index is 341. The van der Waals surface area contributed by atoms with Crippen LogP contribution in [0.4, 0.5) is 0 Å². The van der Waals surface area contributed by atoms with Gasteiger partial charge in [0.25, 0.3) is 0 Å². The first-order chi connectivity index (χ1) is 7.60. The van der Waals surface area contributed by atoms with Gasteiger partial charge >= 0.3 is 0 Å². The molecule has 1 aromatic rings. The summed E-state index contributed by atoms with van der Waals surface area (Å²) < 4.78 is -0.287. The van der Waals surface area contributed by atoms with E-state index in [1.165, 1.54) is 0 Å². The highest BCUT2D eigenvalue weighted by molar-refractivity contribution is 5.13. The van der Waals surface area contributed by atoms with Gasteiger partial charge < -0.3 is 15.0 Å². The van der Waals surface area contributed by atoms with Crippen LogP contribution in [0.1, 0.15) is 25.3 Å². The monoisotopic (exact) mass is 221 g/mol. The third-order valence-corrected chi connectivity index (χ3v) is 3.53. The molecule has 0 unspecified atom stereocenters. The number of nitrogens with zero attached hydrogens (tertiary/aromatic N) is 1. The lowest BCUT2D eigenvalue weighted by Gasteiger charge is -2.51. The molecule has 3 nitrogen and oxygen atoms in total. The van der Waals surface area contributed by atoms with E-state index < -0.39 is 6.10 Å². The first-order valence-corrected chi connectivity index (χ1v) is 5.90. The molecule has 0 amide bonds. The normalized spacial score (nSPS) is 34.9. The summed E-state index contributed by atoms with van der Waals surface area (Å²) in [5.41, 5.74) is 1.05. The van der Waals surface area contributed by atoms with Crippen LogP contribution in [0.3, 0.4) is 0 Å². The molecule has 0 radical (unpaired) electrons. The van der Waals surface area contributed by atoms with Crippen LogP contribution >= 0.6 is 0 Å². The summed E-state index contributed by atoms with van der Waals surface area (Å²) in [5.74, 6) is 0. The van der Waals surface area contributed by atoms with Crippen molar-refractivity contribution in [1.29, 1.82) is 0 Å². The second-order valence-corrected chi connectivity index (χ2v) is 4.86. The molecule has 16 heavy (non-hydrogen) atoms. The van der Waals surface area contributed by atoms with Crippen LogP contribution in [0.15, 0.2) is 30.3 Å². The van der Waals surface area contributed by atoms with Crippen molar-refractivity contribution in [3.8, 4) is 0 Å². The van der Waals surface area contributed by atoms with Crippen LogP contribution in [0.5, 0.6) is 0 Å². The highest BCUT2D eigenvalue weighted by atomic mass is 16.5. The third kappa shape index (κ3) is 2.43. The Balaban J connectivity index is 2.12. The maximum Gasteiger partial charge on any atom is 0.105 e. The summed E-state index contributed by atoms with van der Waals surface area (Å²) in [4.78, 5) is 0. The van der Waals surface area contributed by atoms with Gasteiger partial charge in [-0.1, -0.05) is 30.3 Å². The maximum atomic E-state index is 12.6. The van der Waals surface area contributed by atoms with E-state index in [0.29, 0.717) is 13.1 Å². The molecular weight excluding hydrogens is 202 g/mol. The molecule has 1 aromatic carbocycles. The molecule has 1 aliphatic rings. The molecule has 3 heteroatoms. The zero-order valence-electron chi connectivity index (χ0n) is 9.67. The molecule has 88 valence electrons. The third-order valence-electron chi connectivity index (χ3n) is 3.53. The number of aliphatic hydroxyl groups is 1. The smallest absolute Gasteiger partial charge is 0.105 e. The Hall–Kier alpha value is -0.900. The number of benzene rings is 1. The van der Waals surface area contributed by atoms with Gasteiger partial charge in [-0.2, -0.15) is 0 Å². The number of likely N-dealkylation sites (tertiary alicyclic amines) is 1. The topological polar surface area (TPSA) is 43.3 Å². The Kier molecular flexibility index (Phi) is 3.28. The molecule has 2 rings (SSSR count). The molecule has 0 bridgehead atoms. The van der Waals surface area contributed by atoms with Crippen molar-refractivity contribution in [3.63, 3.8) is 0 Å². The highest BCUT2D eigenvalue weighted by Crippen LogP contribution is 2.27. The summed E-state index contributed by atoms with van der Waals surface area (Å²) in [6.07, 6.45) is 1.15. The first-order valence-electron chi connectivity index (χ1n) is 5.90. The van der Waals surface area contributed by atoms with E-state index >= 15 is 0 Å². The van der Waals surface area contributed by atoms with Gasteiger partial charge in [0.15, 0.2) is 0 Å². The van der Waals surface area contributed by atoms with E-state index in [1.807, 2.05) is 37.3 Å². The van der Waals surface area contributed by atoms with E-state index in [4.69, 9.17) is 0 Å². The highest BCUT2D eigenvalue weighted by Gasteiger charge is 2.33. The van der Waals surface area contributed by atoms with Crippen LogP contribution < -0.4 is 0 Å². The number of quaternary nitrogens is 1. The number of aliphatic hydroxyl groups excluding tert-OH is 1. The fourth-order valence-corrected chi connectivity index (χ4v) is 2.41. The Morgan fingerprint density at radius 2 is 2.00 bits per heavy atom. The minimum atomic E-state index is -0.433. The Morgan fingerprint density at radius 1 is 1.31 bits per heavy atom. The molecule has 1 aliphatic heterocycles. The second kappa shape index (κ2) is 4.53. The van der Waals surface area contributed by atoms with E-state index in [9.17, 15) is 10.3 Å². The second-order valence-electron chi connectivity index (χ2n) is 4.86. The van der Waals surface area contributed by atoms with Gasteiger partial charge in [-0.15, -0.1) is 0 Å². The van der Waals surface area contributed by atoms with E-state index in [-0.39, 0.29) is 10.7 Å². The molecule has 0 aromatic heterocycles. The van der Waals surface area contributed by atoms with Gasteiger partial charge in [0.1, 0.15) is 19.2 Å². The number of hydrogen-bond acceptors (Lipinski definition) is 2. The van der Waals surface area contributed by atoms with Crippen LogP contribution in [0.25, 0.3) is 0 Å². The lowest BCUT2D eigenvalue weighted by atomic mass is 9.99. The Morgan fingerprint density at radius 3 is 2.69 bits per heavy atom. The summed E-state index contributed by atoms with van der Waals surface area (Å²) >= 11 is 0. The van der Waals surface area contributed by atoms with Gasteiger partial charge in [-0.05, 0) is 13.3 Å². The van der Waals surface area contributed by atoms with Crippen LogP contribution in [0.2, 0.25) is 0 Å². The summed E-state index contributed by atoms with van der Waals surface area (Å²) in [6, 6.07) is 9.90. The van der Waals surface area contributed by atoms with Gasteiger partial charge in [0, 0.05) is 12.0 Å². The van der Waals surface area contributed by atoms with Crippen LogP contribution in [-0.4, -0.2) is 28.4 Å². The molecule has 0 saturated carbocycles. The van der Waals surface area contributed by atoms with E-state index in [1.54, 1.807) is 0 Å². The van der Waals surface area contributed by atoms with E-state index in [2.05, 4.69) is 0 Å². The molecule has 3 atom stereocenters. The van der Waals surface area contributed by atoms with Gasteiger partial charge in [0.05, 0.1) is 6.04 Å². The largest absolute Gasteiger partial charge is 0.632 e. The van der Waals surface area contributed by atoms with Gasteiger partial charge in [0.2, 0.25) is 0 Å². The predicted molar refractivity (Wildman–Crippen MR) is 63.3 cm³/mol. The van der Waals surface area contributed by atoms with E-state index in [0.717, 1.165) is 18.4 Å². The summed E-state index contributed by atoms with van der Waals surface area (Å²) in [6.45, 7) is 2.79. The zero-order valence-corrected chi connectivity index (χ0v) is 9.67. The Labute approximate surface area is 96.5 Å². The number of piperidine rings is 1. The first kappa shape index (κ1) is 11.6. The lowest BCUT2D eigenvalue weighted by molar-refractivity contribution is -0.924. The van der Waals surface area contributed by atoms with Crippen molar-refractivity contribution >= 4 is 0 Å². The van der Waals surface area contributed by atoms with Gasteiger partial charge in [-0.3, -0.25) is 0 Å². The van der Waals surface area contributed by atoms with Crippen molar-refractivity contribution in [2.24, 2.45) is 0 Å². The summed E-state index contributed by atoms with van der Waals surface area (Å²) in [7, 11) is 0. The molecule has 0 aliphatic carbocycles. The fourth-order valence-electron chi connectivity index (χ4n) is 2.41. The molecule has 1 fully saturated rings. The standard InChI is InChI=1S/C13H19NO2/c1-11-7-8-13(15)10-14(11,16)9-12-5-3-2-4-6-12/h2-6,11,13,15H,7-10H2,1H3/t11-,13-,14+/m1/s1. The molecule has 1 heterocycles. The predicted octanol–water partition coefficient (Wildman–Crippen LogP) is 2.04. The minimum Gasteiger partial charge on any atom is -0.632 e. The van der Waals surface area contributed by atoms with Crippen LogP contribution in [-0.2, 0) is 6.54 Å². The van der Waals surface area contributed by atoms with Crippen molar-refractivity contribution in [3.05, 3.63) is 41.1 Å². The fraction of sp³-hybridized carbons (Fsp3) is 0.538. The molecular formula is C13H19NO2. The molecule has 1 N–H and O–H groups in total. The quantitative estimate of drug-likeness (QED) is 0.613. The SMILES string of the molecule is C[C@@H]1CC[C@@H](O)C[N@@+]1([O-])Cc1ccccc1. The van der Waals surface area contributed by atoms with Crippen molar-refractivity contribution in [2.45, 2.75) is 38.5 Å². The van der Waals surface area contributed by atoms with Gasteiger partial charge in [-0.25, -0.2) is 0 Å².